The Balaban J connectivity index is 1.51. The molecule has 0 bridgehead atoms. The number of benzene rings is 1. The summed E-state index contributed by atoms with van der Waals surface area (Å²) in [5.41, 5.74) is -0.0928. The van der Waals surface area contributed by atoms with Crippen molar-refractivity contribution in [2.75, 3.05) is 0 Å². The van der Waals surface area contributed by atoms with Crippen LogP contribution < -0.4 is 16.4 Å². The van der Waals surface area contributed by atoms with E-state index >= 15 is 0 Å². The Bertz CT molecular complexity index is 1170. The zero-order valence-electron chi connectivity index (χ0n) is 12.9. The third kappa shape index (κ3) is 2.85. The summed E-state index contributed by atoms with van der Waals surface area (Å²) in [4.78, 5) is 41.7. The summed E-state index contributed by atoms with van der Waals surface area (Å²) in [6.07, 6.45) is 3.72. The molecular formula is C16H13N5O3S. The van der Waals surface area contributed by atoms with Crippen molar-refractivity contribution in [1.82, 2.24) is 24.5 Å². The number of aromatic nitrogens is 4. The molecule has 2 N–H and O–H groups in total. The monoisotopic (exact) mass is 355 g/mol. The molecule has 25 heavy (non-hydrogen) atoms. The number of carbonyl (C=O) groups excluding carboxylic acids is 1. The number of imidazole rings is 1. The van der Waals surface area contributed by atoms with Crippen LogP contribution in [0.5, 0.6) is 0 Å². The summed E-state index contributed by atoms with van der Waals surface area (Å²) in [6, 6.07) is 6.51. The van der Waals surface area contributed by atoms with E-state index in [0.717, 1.165) is 15.3 Å². The molecule has 8 nitrogen and oxygen atoms in total. The van der Waals surface area contributed by atoms with Gasteiger partial charge in [-0.3, -0.25) is 23.9 Å². The van der Waals surface area contributed by atoms with E-state index in [0.29, 0.717) is 5.39 Å². The molecule has 3 aromatic heterocycles. The van der Waals surface area contributed by atoms with Gasteiger partial charge in [0.2, 0.25) is 5.91 Å². The van der Waals surface area contributed by atoms with Crippen molar-refractivity contribution in [2.45, 2.75) is 13.1 Å². The highest BCUT2D eigenvalue weighted by Gasteiger charge is 2.10. The third-order valence-corrected chi connectivity index (χ3v) is 4.57. The molecule has 3 heterocycles. The zero-order valence-corrected chi connectivity index (χ0v) is 13.7. The topological polar surface area (TPSA) is 101 Å². The van der Waals surface area contributed by atoms with E-state index in [1.165, 1.54) is 11.3 Å². The van der Waals surface area contributed by atoms with Crippen LogP contribution in [0.3, 0.4) is 0 Å². The molecule has 0 radical (unpaired) electrons. The molecule has 0 aliphatic rings. The maximum Gasteiger partial charge on any atom is 0.273 e. The van der Waals surface area contributed by atoms with Gasteiger partial charge in [-0.25, -0.2) is 9.67 Å². The van der Waals surface area contributed by atoms with E-state index in [-0.39, 0.29) is 24.4 Å². The quantitative estimate of drug-likeness (QED) is 0.563. The maximum absolute atomic E-state index is 12.4. The van der Waals surface area contributed by atoms with Gasteiger partial charge in [0.25, 0.3) is 11.1 Å². The van der Waals surface area contributed by atoms with E-state index < -0.39 is 11.1 Å². The fraction of sp³-hybridized carbons (Fsp3) is 0.125. The van der Waals surface area contributed by atoms with E-state index in [2.05, 4.69) is 15.4 Å². The number of H-pyrrole nitrogens is 1. The Kier molecular flexibility index (Phi) is 3.69. The van der Waals surface area contributed by atoms with E-state index in [9.17, 15) is 14.4 Å². The predicted molar refractivity (Wildman–Crippen MR) is 93.7 cm³/mol. The highest BCUT2D eigenvalue weighted by Crippen LogP contribution is 2.11. The molecular weight excluding hydrogens is 342 g/mol. The first-order valence-electron chi connectivity index (χ1n) is 7.51. The molecule has 0 atom stereocenters. The lowest BCUT2D eigenvalue weighted by Crippen LogP contribution is -2.36. The van der Waals surface area contributed by atoms with Gasteiger partial charge >= 0.3 is 0 Å². The minimum atomic E-state index is -0.409. The van der Waals surface area contributed by atoms with Crippen LogP contribution in [0.15, 0.2) is 51.6 Å². The second-order valence-electron chi connectivity index (χ2n) is 5.48. The van der Waals surface area contributed by atoms with Crippen LogP contribution in [-0.2, 0) is 17.9 Å². The molecule has 1 amide bonds. The number of rotatable bonds is 4. The number of amides is 1. The highest BCUT2D eigenvalue weighted by atomic mass is 32.1. The molecule has 4 aromatic rings. The molecule has 0 saturated carbocycles. The first-order valence-corrected chi connectivity index (χ1v) is 8.39. The Morgan fingerprint density at radius 3 is 2.84 bits per heavy atom. The van der Waals surface area contributed by atoms with Gasteiger partial charge in [0.15, 0.2) is 4.96 Å². The van der Waals surface area contributed by atoms with Crippen LogP contribution in [0, 0.1) is 0 Å². The smallest absolute Gasteiger partial charge is 0.273 e. The van der Waals surface area contributed by atoms with Crippen LogP contribution in [0.2, 0.25) is 0 Å². The number of fused-ring (bicyclic) bond motifs is 2. The molecule has 0 aliphatic carbocycles. The zero-order chi connectivity index (χ0) is 17.4. The second-order valence-corrected chi connectivity index (χ2v) is 6.35. The van der Waals surface area contributed by atoms with Crippen LogP contribution in [0.4, 0.5) is 0 Å². The molecule has 4 rings (SSSR count). The molecule has 9 heteroatoms. The summed E-state index contributed by atoms with van der Waals surface area (Å²) in [7, 11) is 0. The fourth-order valence-electron chi connectivity index (χ4n) is 2.61. The summed E-state index contributed by atoms with van der Waals surface area (Å²) in [6.45, 7) is -0.0130. The van der Waals surface area contributed by atoms with Gasteiger partial charge in [0.1, 0.15) is 6.54 Å². The number of nitrogens with one attached hydrogen (secondary N) is 2. The summed E-state index contributed by atoms with van der Waals surface area (Å²) >= 11 is 1.50. The number of aromatic amines is 1. The predicted octanol–water partition coefficient (Wildman–Crippen LogP) is 0.715. The van der Waals surface area contributed by atoms with E-state index in [1.807, 2.05) is 22.2 Å². The van der Waals surface area contributed by atoms with Gasteiger partial charge < -0.3 is 5.32 Å². The number of thiazole rings is 1. The Morgan fingerprint density at radius 1 is 1.24 bits per heavy atom. The molecule has 0 aliphatic heterocycles. The standard InChI is InChI=1S/C16H13N5O3S/c22-13(17-7-10-8-20-5-6-25-16(20)18-10)9-21-15(24)12-4-2-1-3-11(12)14(23)19-21/h1-6,8H,7,9H2,(H,17,22)(H,19,23). The van der Waals surface area contributed by atoms with Crippen molar-refractivity contribution >= 4 is 33.0 Å². The molecule has 1 aromatic carbocycles. The Hall–Kier alpha value is -3.20. The lowest BCUT2D eigenvalue weighted by molar-refractivity contribution is -0.122. The molecule has 0 saturated heterocycles. The van der Waals surface area contributed by atoms with Crippen LogP contribution in [0.25, 0.3) is 15.7 Å². The Labute approximate surface area is 144 Å². The van der Waals surface area contributed by atoms with Crippen LogP contribution in [-0.4, -0.2) is 25.1 Å². The van der Waals surface area contributed by atoms with Crippen LogP contribution in [0.1, 0.15) is 5.69 Å². The first kappa shape index (κ1) is 15.3. The van der Waals surface area contributed by atoms with Crippen LogP contribution >= 0.6 is 11.3 Å². The van der Waals surface area contributed by atoms with Gasteiger partial charge in [0, 0.05) is 17.8 Å². The van der Waals surface area contributed by atoms with Gasteiger partial charge in [0.05, 0.1) is 23.0 Å². The normalized spacial score (nSPS) is 11.2. The number of hydrogen-bond donors (Lipinski definition) is 2. The van der Waals surface area contributed by atoms with Crippen molar-refractivity contribution in [3.63, 3.8) is 0 Å². The van der Waals surface area contributed by atoms with Gasteiger partial charge in [-0.2, -0.15) is 0 Å². The molecule has 0 spiro atoms. The van der Waals surface area contributed by atoms with Crippen molar-refractivity contribution in [3.8, 4) is 0 Å². The minimum absolute atomic E-state index is 0.250. The fourth-order valence-corrected chi connectivity index (χ4v) is 3.33. The summed E-state index contributed by atoms with van der Waals surface area (Å²) in [5, 5.41) is 7.65. The average molecular weight is 355 g/mol. The van der Waals surface area contributed by atoms with Gasteiger partial charge in [-0.1, -0.05) is 12.1 Å². The van der Waals surface area contributed by atoms with Gasteiger partial charge in [-0.05, 0) is 12.1 Å². The second kappa shape index (κ2) is 6.02. The highest BCUT2D eigenvalue weighted by molar-refractivity contribution is 7.15. The van der Waals surface area contributed by atoms with Crippen molar-refractivity contribution in [1.29, 1.82) is 0 Å². The average Bonchev–Trinajstić information content (AvgIpc) is 3.19. The van der Waals surface area contributed by atoms with Crippen molar-refractivity contribution < 1.29 is 4.79 Å². The minimum Gasteiger partial charge on any atom is -0.349 e. The van der Waals surface area contributed by atoms with E-state index in [4.69, 9.17) is 0 Å². The lowest BCUT2D eigenvalue weighted by atomic mass is 10.2. The summed E-state index contributed by atoms with van der Waals surface area (Å²) < 4.78 is 2.89. The number of carbonyl (C=O) groups is 1. The SMILES string of the molecule is O=C(Cn1[nH]c(=O)c2ccccc2c1=O)NCc1cn2ccsc2n1. The number of hydrogen-bond acceptors (Lipinski definition) is 5. The van der Waals surface area contributed by atoms with Crippen molar-refractivity contribution in [2.24, 2.45) is 0 Å². The molecule has 0 unspecified atom stereocenters. The lowest BCUT2D eigenvalue weighted by Gasteiger charge is -2.07. The first-order chi connectivity index (χ1) is 12.1. The van der Waals surface area contributed by atoms with Gasteiger partial charge in [-0.15, -0.1) is 11.3 Å². The Morgan fingerprint density at radius 2 is 2.04 bits per heavy atom. The molecule has 0 fully saturated rings. The number of nitrogens with zero attached hydrogens (tertiary/aromatic N) is 3. The third-order valence-electron chi connectivity index (χ3n) is 3.80. The largest absolute Gasteiger partial charge is 0.349 e. The maximum atomic E-state index is 12.4. The molecule has 126 valence electrons. The van der Waals surface area contributed by atoms with E-state index in [1.54, 1.807) is 24.3 Å². The van der Waals surface area contributed by atoms with Crippen molar-refractivity contribution in [3.05, 3.63) is 68.4 Å². The summed E-state index contributed by atoms with van der Waals surface area (Å²) in [5.74, 6) is -0.385.